The van der Waals surface area contributed by atoms with Crippen molar-refractivity contribution >= 4 is 11.9 Å². The molecule has 1 fully saturated rings. The predicted octanol–water partition coefficient (Wildman–Crippen LogP) is -0.417. The number of unbranched alkanes of at least 4 members (excludes halogenated alkanes) is 4. The number of aliphatic hydroxyl groups is 5. The summed E-state index contributed by atoms with van der Waals surface area (Å²) in [5.74, 6) is -3.72. The Balaban J connectivity index is 2.98. The summed E-state index contributed by atoms with van der Waals surface area (Å²) in [7, 11) is 1.25. The Morgan fingerprint density at radius 1 is 1.23 bits per heavy atom. The highest BCUT2D eigenvalue weighted by atomic mass is 16.6. The summed E-state index contributed by atoms with van der Waals surface area (Å²) >= 11 is 0. The zero-order valence-corrected chi connectivity index (χ0v) is 18.7. The van der Waals surface area contributed by atoms with Gasteiger partial charge in [0.05, 0.1) is 31.8 Å². The van der Waals surface area contributed by atoms with Crippen LogP contribution in [0.15, 0.2) is 0 Å². The summed E-state index contributed by atoms with van der Waals surface area (Å²) in [6.07, 6.45) is -1.20. The van der Waals surface area contributed by atoms with Crippen molar-refractivity contribution in [1.82, 2.24) is 5.32 Å². The van der Waals surface area contributed by atoms with Crippen LogP contribution in [0.25, 0.3) is 0 Å². The van der Waals surface area contributed by atoms with Crippen LogP contribution in [0, 0.1) is 5.92 Å². The molecule has 1 aliphatic heterocycles. The third kappa shape index (κ3) is 8.63. The number of nitrogens with one attached hydrogen (secondary N) is 1. The Bertz CT molecular complexity index is 561. The average molecular weight is 450 g/mol. The summed E-state index contributed by atoms with van der Waals surface area (Å²) in [5.41, 5.74) is 0. The molecule has 0 spiro atoms. The van der Waals surface area contributed by atoms with Gasteiger partial charge < -0.3 is 40.3 Å². The van der Waals surface area contributed by atoms with E-state index in [4.69, 9.17) is 14.6 Å². The van der Waals surface area contributed by atoms with Gasteiger partial charge in [0.1, 0.15) is 18.3 Å². The Morgan fingerprint density at radius 2 is 1.87 bits per heavy atom. The SMILES string of the molecule is CCCCCCCC(C[C@]1(O)C[C@H](O)[C@@H](NC(C)=O)[C@H]([C@H](O)[C@H](O)CO)O1)C(=O)OC. The number of aliphatic hydroxyl groups excluding tert-OH is 4. The van der Waals surface area contributed by atoms with Crippen LogP contribution in [0.1, 0.15) is 65.2 Å². The van der Waals surface area contributed by atoms with E-state index in [2.05, 4.69) is 12.2 Å². The average Bonchev–Trinajstić information content (AvgIpc) is 2.72. The van der Waals surface area contributed by atoms with Crippen molar-refractivity contribution in [3.8, 4) is 0 Å². The first-order chi connectivity index (χ1) is 14.6. The molecule has 1 heterocycles. The maximum Gasteiger partial charge on any atom is 0.308 e. The van der Waals surface area contributed by atoms with E-state index in [1.165, 1.54) is 14.0 Å². The number of rotatable bonds is 13. The first kappa shape index (κ1) is 27.7. The zero-order valence-electron chi connectivity index (χ0n) is 18.7. The lowest BCUT2D eigenvalue weighted by Gasteiger charge is -2.47. The van der Waals surface area contributed by atoms with Crippen molar-refractivity contribution in [2.45, 2.75) is 101 Å². The Kier molecular flexibility index (Phi) is 11.9. The Hall–Kier alpha value is -1.30. The number of carbonyl (C=O) groups is 2. The van der Waals surface area contributed by atoms with Crippen LogP contribution >= 0.6 is 0 Å². The predicted molar refractivity (Wildman–Crippen MR) is 111 cm³/mol. The smallest absolute Gasteiger partial charge is 0.308 e. The molecule has 10 nitrogen and oxygen atoms in total. The van der Waals surface area contributed by atoms with E-state index in [-0.39, 0.29) is 12.8 Å². The molecule has 182 valence electrons. The minimum absolute atomic E-state index is 0.185. The molecule has 0 aliphatic carbocycles. The maximum absolute atomic E-state index is 12.3. The normalized spacial score (nSPS) is 29.1. The second-order valence-corrected chi connectivity index (χ2v) is 8.39. The van der Waals surface area contributed by atoms with E-state index in [0.717, 1.165) is 32.1 Å². The molecule has 1 amide bonds. The summed E-state index contributed by atoms with van der Waals surface area (Å²) < 4.78 is 10.5. The summed E-state index contributed by atoms with van der Waals surface area (Å²) in [4.78, 5) is 23.8. The van der Waals surface area contributed by atoms with E-state index in [9.17, 15) is 30.0 Å². The zero-order chi connectivity index (χ0) is 23.6. The fourth-order valence-corrected chi connectivity index (χ4v) is 4.05. The van der Waals surface area contributed by atoms with Gasteiger partial charge in [0.25, 0.3) is 0 Å². The van der Waals surface area contributed by atoms with Gasteiger partial charge >= 0.3 is 5.97 Å². The minimum Gasteiger partial charge on any atom is -0.469 e. The van der Waals surface area contributed by atoms with Crippen molar-refractivity contribution in [3.05, 3.63) is 0 Å². The van der Waals surface area contributed by atoms with Crippen LogP contribution in [0.5, 0.6) is 0 Å². The summed E-state index contributed by atoms with van der Waals surface area (Å²) in [5, 5.41) is 53.5. The molecule has 0 aromatic carbocycles. The van der Waals surface area contributed by atoms with E-state index in [0.29, 0.717) is 6.42 Å². The molecule has 0 radical (unpaired) electrons. The third-order valence-corrected chi connectivity index (χ3v) is 5.70. The van der Waals surface area contributed by atoms with Crippen molar-refractivity contribution in [2.75, 3.05) is 13.7 Å². The molecule has 7 atom stereocenters. The van der Waals surface area contributed by atoms with Gasteiger partial charge in [-0.2, -0.15) is 0 Å². The van der Waals surface area contributed by atoms with Gasteiger partial charge in [0.2, 0.25) is 5.91 Å². The lowest BCUT2D eigenvalue weighted by Crippen LogP contribution is -2.66. The molecule has 1 unspecified atom stereocenters. The number of ether oxygens (including phenoxy) is 2. The largest absolute Gasteiger partial charge is 0.469 e. The molecule has 1 saturated heterocycles. The van der Waals surface area contributed by atoms with E-state index >= 15 is 0 Å². The summed E-state index contributed by atoms with van der Waals surface area (Å²) in [6, 6.07) is -1.13. The monoisotopic (exact) mass is 449 g/mol. The number of esters is 1. The second kappa shape index (κ2) is 13.3. The van der Waals surface area contributed by atoms with Gasteiger partial charge in [0, 0.05) is 19.8 Å². The second-order valence-electron chi connectivity index (χ2n) is 8.39. The van der Waals surface area contributed by atoms with E-state index < -0.39 is 60.6 Å². The number of methoxy groups -OCH3 is 1. The van der Waals surface area contributed by atoms with Gasteiger partial charge in [-0.25, -0.2) is 0 Å². The highest BCUT2D eigenvalue weighted by molar-refractivity contribution is 5.73. The van der Waals surface area contributed by atoms with Crippen LogP contribution in [0.2, 0.25) is 0 Å². The van der Waals surface area contributed by atoms with Crippen molar-refractivity contribution in [3.63, 3.8) is 0 Å². The molecule has 1 aliphatic rings. The van der Waals surface area contributed by atoms with Crippen molar-refractivity contribution < 1.29 is 44.6 Å². The summed E-state index contributed by atoms with van der Waals surface area (Å²) in [6.45, 7) is 2.53. The van der Waals surface area contributed by atoms with Gasteiger partial charge in [-0.15, -0.1) is 0 Å². The minimum atomic E-state index is -2.00. The lowest BCUT2D eigenvalue weighted by atomic mass is 9.84. The van der Waals surface area contributed by atoms with Crippen LogP contribution < -0.4 is 5.32 Å². The highest BCUT2D eigenvalue weighted by Crippen LogP contribution is 2.36. The fourth-order valence-electron chi connectivity index (χ4n) is 4.05. The number of carbonyl (C=O) groups excluding carboxylic acids is 2. The quantitative estimate of drug-likeness (QED) is 0.162. The fraction of sp³-hybridized carbons (Fsp3) is 0.905. The van der Waals surface area contributed by atoms with E-state index in [1.54, 1.807) is 0 Å². The molecule has 10 heteroatoms. The van der Waals surface area contributed by atoms with Gasteiger partial charge in [-0.3, -0.25) is 9.59 Å². The van der Waals surface area contributed by atoms with Crippen LogP contribution in [-0.2, 0) is 19.1 Å². The molecule has 6 N–H and O–H groups in total. The van der Waals surface area contributed by atoms with Gasteiger partial charge in [-0.05, 0) is 6.42 Å². The topological polar surface area (TPSA) is 166 Å². The van der Waals surface area contributed by atoms with Crippen LogP contribution in [0.4, 0.5) is 0 Å². The number of amides is 1. The third-order valence-electron chi connectivity index (χ3n) is 5.70. The Morgan fingerprint density at radius 3 is 2.42 bits per heavy atom. The maximum atomic E-state index is 12.3. The molecule has 0 saturated carbocycles. The molecule has 0 bridgehead atoms. The van der Waals surface area contributed by atoms with Crippen LogP contribution in [0.3, 0.4) is 0 Å². The number of hydrogen-bond donors (Lipinski definition) is 6. The molecular weight excluding hydrogens is 410 g/mol. The Labute approximate surface area is 183 Å². The van der Waals surface area contributed by atoms with Crippen LogP contribution in [-0.4, -0.2) is 87.4 Å². The first-order valence-corrected chi connectivity index (χ1v) is 11.0. The standard InChI is InChI=1S/C21H39NO9/c1-4-5-6-7-8-9-14(20(28)30-3)10-21(29)11-15(25)17(22-13(2)24)19(31-21)18(27)16(26)12-23/h14-19,23,25-27,29H,4-12H2,1-3H3,(H,22,24)/t14?,15-,16+,17+,18+,19+,21+/m0/s1. The molecule has 0 aromatic heterocycles. The highest BCUT2D eigenvalue weighted by Gasteiger charge is 2.51. The first-order valence-electron chi connectivity index (χ1n) is 11.0. The number of hydrogen-bond acceptors (Lipinski definition) is 9. The lowest BCUT2D eigenvalue weighted by molar-refractivity contribution is -0.307. The van der Waals surface area contributed by atoms with Gasteiger partial charge in [-0.1, -0.05) is 39.0 Å². The molecule has 1 rings (SSSR count). The van der Waals surface area contributed by atoms with Gasteiger partial charge in [0.15, 0.2) is 5.79 Å². The molecule has 0 aromatic rings. The van der Waals surface area contributed by atoms with E-state index in [1.807, 2.05) is 0 Å². The molecular formula is C21H39NO9. The van der Waals surface area contributed by atoms with Crippen molar-refractivity contribution in [1.29, 1.82) is 0 Å². The molecule has 31 heavy (non-hydrogen) atoms. The van der Waals surface area contributed by atoms with Crippen molar-refractivity contribution in [2.24, 2.45) is 5.92 Å².